The Labute approximate surface area is 129 Å². The van der Waals surface area contributed by atoms with Gasteiger partial charge < -0.3 is 10.2 Å². The van der Waals surface area contributed by atoms with Gasteiger partial charge >= 0.3 is 0 Å². The van der Waals surface area contributed by atoms with E-state index in [9.17, 15) is 0 Å². The third-order valence-electron chi connectivity index (χ3n) is 3.57. The molecule has 2 nitrogen and oxygen atoms in total. The summed E-state index contributed by atoms with van der Waals surface area (Å²) < 4.78 is 0. The highest BCUT2D eigenvalue weighted by atomic mass is 35.5. The van der Waals surface area contributed by atoms with E-state index >= 15 is 0 Å². The number of hydrogen-bond donors (Lipinski definition) is 1. The van der Waals surface area contributed by atoms with Crippen molar-refractivity contribution in [2.75, 3.05) is 10.2 Å². The second-order valence-corrected chi connectivity index (χ2v) is 5.82. The van der Waals surface area contributed by atoms with Gasteiger partial charge in [0.15, 0.2) is 0 Å². The van der Waals surface area contributed by atoms with Crippen molar-refractivity contribution in [2.45, 2.75) is 19.5 Å². The zero-order valence-electron chi connectivity index (χ0n) is 11.1. The summed E-state index contributed by atoms with van der Waals surface area (Å²) in [5, 5.41) is 4.02. The maximum absolute atomic E-state index is 6.14. The molecule has 1 heterocycles. The first-order valence-corrected chi connectivity index (χ1v) is 7.35. The Balaban J connectivity index is 2.00. The molecule has 2 aromatic rings. The maximum Gasteiger partial charge on any atom is 0.102 e. The first-order chi connectivity index (χ1) is 9.65. The standard InChI is InChI=1S/C16H15ClN2S/c1-11-16(20)18-14-8-7-13(17)9-15(14)19(11)10-12-5-3-2-4-6-12/h2-9,11H,10H2,1H3,(H,18,20)/t11-/m0/s1. The summed E-state index contributed by atoms with van der Waals surface area (Å²) in [7, 11) is 0. The van der Waals surface area contributed by atoms with Crippen molar-refractivity contribution in [3.05, 3.63) is 59.1 Å². The van der Waals surface area contributed by atoms with Crippen LogP contribution in [0.4, 0.5) is 11.4 Å². The average Bonchev–Trinajstić information content (AvgIpc) is 2.46. The molecule has 102 valence electrons. The highest BCUT2D eigenvalue weighted by Gasteiger charge is 2.26. The zero-order chi connectivity index (χ0) is 14.1. The molecule has 0 unspecified atom stereocenters. The van der Waals surface area contributed by atoms with Gasteiger partial charge in [-0.25, -0.2) is 0 Å². The van der Waals surface area contributed by atoms with E-state index in [1.165, 1.54) is 5.56 Å². The molecule has 0 saturated carbocycles. The molecule has 1 aliphatic rings. The van der Waals surface area contributed by atoms with Crippen molar-refractivity contribution < 1.29 is 0 Å². The number of hydrogen-bond acceptors (Lipinski definition) is 2. The Hall–Kier alpha value is -1.58. The Kier molecular flexibility index (Phi) is 3.64. The van der Waals surface area contributed by atoms with Gasteiger partial charge in [0.05, 0.1) is 17.4 Å². The van der Waals surface area contributed by atoms with E-state index < -0.39 is 0 Å². The summed E-state index contributed by atoms with van der Waals surface area (Å²) in [5.41, 5.74) is 3.38. The van der Waals surface area contributed by atoms with E-state index in [-0.39, 0.29) is 6.04 Å². The molecule has 2 aromatic carbocycles. The fourth-order valence-corrected chi connectivity index (χ4v) is 2.84. The number of rotatable bonds is 2. The highest BCUT2D eigenvalue weighted by molar-refractivity contribution is 7.80. The summed E-state index contributed by atoms with van der Waals surface area (Å²) in [6.07, 6.45) is 0. The quantitative estimate of drug-likeness (QED) is 0.823. The second-order valence-electron chi connectivity index (χ2n) is 4.94. The van der Waals surface area contributed by atoms with Crippen LogP contribution >= 0.6 is 23.8 Å². The molecule has 0 amide bonds. The topological polar surface area (TPSA) is 15.3 Å². The van der Waals surface area contributed by atoms with Gasteiger partial charge in [0.1, 0.15) is 4.99 Å². The molecule has 1 N–H and O–H groups in total. The fraction of sp³-hybridized carbons (Fsp3) is 0.188. The minimum Gasteiger partial charge on any atom is -0.356 e. The Morgan fingerprint density at radius 3 is 2.70 bits per heavy atom. The highest BCUT2D eigenvalue weighted by Crippen LogP contribution is 2.35. The van der Waals surface area contributed by atoms with Crippen molar-refractivity contribution >= 4 is 40.2 Å². The maximum atomic E-state index is 6.14. The number of benzene rings is 2. The van der Waals surface area contributed by atoms with Crippen LogP contribution in [-0.4, -0.2) is 11.0 Å². The molecule has 0 saturated heterocycles. The smallest absolute Gasteiger partial charge is 0.102 e. The monoisotopic (exact) mass is 302 g/mol. The van der Waals surface area contributed by atoms with Crippen LogP contribution in [0.15, 0.2) is 48.5 Å². The third-order valence-corrected chi connectivity index (χ3v) is 4.25. The van der Waals surface area contributed by atoms with E-state index in [0.29, 0.717) is 0 Å². The lowest BCUT2D eigenvalue weighted by atomic mass is 10.1. The summed E-state index contributed by atoms with van der Waals surface area (Å²) in [6.45, 7) is 2.93. The number of nitrogens with one attached hydrogen (secondary N) is 1. The summed E-state index contributed by atoms with van der Waals surface area (Å²) in [5.74, 6) is 0. The molecule has 1 atom stereocenters. The first-order valence-electron chi connectivity index (χ1n) is 6.56. The lowest BCUT2D eigenvalue weighted by Crippen LogP contribution is -2.44. The van der Waals surface area contributed by atoms with Gasteiger partial charge in [-0.05, 0) is 30.7 Å². The molecule has 0 fully saturated rings. The van der Waals surface area contributed by atoms with Crippen LogP contribution in [0.2, 0.25) is 5.02 Å². The van der Waals surface area contributed by atoms with Gasteiger partial charge in [-0.1, -0.05) is 54.2 Å². The van der Waals surface area contributed by atoms with E-state index in [4.69, 9.17) is 23.8 Å². The van der Waals surface area contributed by atoms with Gasteiger partial charge in [0.2, 0.25) is 0 Å². The number of halogens is 1. The molecule has 0 radical (unpaired) electrons. The number of anilines is 2. The van der Waals surface area contributed by atoms with Crippen molar-refractivity contribution in [1.82, 2.24) is 0 Å². The van der Waals surface area contributed by atoms with E-state index in [2.05, 4.69) is 41.4 Å². The van der Waals surface area contributed by atoms with Crippen LogP contribution in [0.5, 0.6) is 0 Å². The minimum absolute atomic E-state index is 0.149. The van der Waals surface area contributed by atoms with Gasteiger partial charge in [-0.3, -0.25) is 0 Å². The lowest BCUT2D eigenvalue weighted by molar-refractivity contribution is 0.757. The molecule has 3 rings (SSSR count). The summed E-state index contributed by atoms with van der Waals surface area (Å²) >= 11 is 11.6. The van der Waals surface area contributed by atoms with Crippen LogP contribution in [0.1, 0.15) is 12.5 Å². The predicted molar refractivity (Wildman–Crippen MR) is 89.8 cm³/mol. The predicted octanol–water partition coefficient (Wildman–Crippen LogP) is 4.49. The van der Waals surface area contributed by atoms with Crippen LogP contribution in [-0.2, 0) is 6.54 Å². The average molecular weight is 303 g/mol. The van der Waals surface area contributed by atoms with E-state index in [1.54, 1.807) is 0 Å². The van der Waals surface area contributed by atoms with Crippen LogP contribution < -0.4 is 10.2 Å². The molecule has 4 heteroatoms. The van der Waals surface area contributed by atoms with Gasteiger partial charge in [-0.15, -0.1) is 0 Å². The third kappa shape index (κ3) is 2.51. The lowest BCUT2D eigenvalue weighted by Gasteiger charge is -2.38. The fourth-order valence-electron chi connectivity index (χ4n) is 2.44. The van der Waals surface area contributed by atoms with Gasteiger partial charge in [0, 0.05) is 11.6 Å². The Morgan fingerprint density at radius 2 is 1.95 bits per heavy atom. The second kappa shape index (κ2) is 5.43. The van der Waals surface area contributed by atoms with Gasteiger partial charge in [-0.2, -0.15) is 0 Å². The normalized spacial score (nSPS) is 17.6. The minimum atomic E-state index is 0.149. The Bertz CT molecular complexity index is 642. The molecule has 0 aliphatic carbocycles. The molecule has 20 heavy (non-hydrogen) atoms. The van der Waals surface area contributed by atoms with Crippen molar-refractivity contribution in [3.63, 3.8) is 0 Å². The number of thiocarbonyl (C=S) groups is 1. The van der Waals surface area contributed by atoms with E-state index in [0.717, 1.165) is 27.9 Å². The summed E-state index contributed by atoms with van der Waals surface area (Å²) in [6, 6.07) is 16.4. The van der Waals surface area contributed by atoms with Crippen LogP contribution in [0.25, 0.3) is 0 Å². The number of fused-ring (bicyclic) bond motifs is 1. The van der Waals surface area contributed by atoms with Crippen LogP contribution in [0.3, 0.4) is 0 Å². The first kappa shape index (κ1) is 13.4. The molecular weight excluding hydrogens is 288 g/mol. The van der Waals surface area contributed by atoms with E-state index in [1.807, 2.05) is 24.3 Å². The Morgan fingerprint density at radius 1 is 1.20 bits per heavy atom. The molecule has 0 spiro atoms. The SMILES string of the molecule is C[C@H]1C(=S)Nc2ccc(Cl)cc2N1Cc1ccccc1. The number of nitrogens with zero attached hydrogens (tertiary/aromatic N) is 1. The van der Waals surface area contributed by atoms with Gasteiger partial charge in [0.25, 0.3) is 0 Å². The largest absolute Gasteiger partial charge is 0.356 e. The van der Waals surface area contributed by atoms with Crippen molar-refractivity contribution in [3.8, 4) is 0 Å². The molecule has 0 aromatic heterocycles. The van der Waals surface area contributed by atoms with Crippen molar-refractivity contribution in [1.29, 1.82) is 0 Å². The zero-order valence-corrected chi connectivity index (χ0v) is 12.7. The molecule has 0 bridgehead atoms. The van der Waals surface area contributed by atoms with Crippen molar-refractivity contribution in [2.24, 2.45) is 0 Å². The molecule has 1 aliphatic heterocycles. The molecular formula is C16H15ClN2S. The van der Waals surface area contributed by atoms with Crippen LogP contribution in [0, 0.1) is 0 Å². The summed E-state index contributed by atoms with van der Waals surface area (Å²) in [4.78, 5) is 3.13.